The third kappa shape index (κ3) is 2.85. The fourth-order valence-corrected chi connectivity index (χ4v) is 2.44. The van der Waals surface area contributed by atoms with Crippen LogP contribution >= 0.6 is 0 Å². The van der Waals surface area contributed by atoms with Crippen molar-refractivity contribution < 1.29 is 9.50 Å². The highest BCUT2D eigenvalue weighted by molar-refractivity contribution is 5.40. The van der Waals surface area contributed by atoms with Crippen LogP contribution in [0.25, 0.3) is 0 Å². The molecule has 0 amide bonds. The van der Waals surface area contributed by atoms with Gasteiger partial charge in [0.15, 0.2) is 0 Å². The summed E-state index contributed by atoms with van der Waals surface area (Å²) < 4.78 is 13.5. The maximum Gasteiger partial charge on any atom is 0.123 e. The van der Waals surface area contributed by atoms with E-state index in [1.165, 1.54) is 12.1 Å². The first-order valence-electron chi connectivity index (χ1n) is 6.38. The van der Waals surface area contributed by atoms with Gasteiger partial charge in [0.25, 0.3) is 0 Å². The Kier molecular flexibility index (Phi) is 3.46. The van der Waals surface area contributed by atoms with Crippen molar-refractivity contribution in [2.75, 3.05) is 0 Å². The second kappa shape index (κ2) is 4.78. The number of benzene rings is 2. The second-order valence-corrected chi connectivity index (χ2v) is 5.47. The first kappa shape index (κ1) is 13.8. The van der Waals surface area contributed by atoms with Crippen molar-refractivity contribution in [1.82, 2.24) is 0 Å². The van der Waals surface area contributed by atoms with Gasteiger partial charge < -0.3 is 5.11 Å². The van der Waals surface area contributed by atoms with E-state index in [0.717, 1.165) is 22.3 Å². The van der Waals surface area contributed by atoms with E-state index in [4.69, 9.17) is 0 Å². The zero-order valence-corrected chi connectivity index (χ0v) is 11.8. The fraction of sp³-hybridized carbons (Fsp3) is 0.294. The van der Waals surface area contributed by atoms with Crippen LogP contribution in [0.5, 0.6) is 0 Å². The fourth-order valence-electron chi connectivity index (χ4n) is 2.44. The minimum atomic E-state index is -1.19. The molecule has 0 saturated carbocycles. The van der Waals surface area contributed by atoms with E-state index in [2.05, 4.69) is 6.07 Å². The van der Waals surface area contributed by atoms with Gasteiger partial charge in [0.05, 0.1) is 0 Å². The molecule has 0 fully saturated rings. The highest BCUT2D eigenvalue weighted by Crippen LogP contribution is 2.31. The van der Waals surface area contributed by atoms with E-state index in [-0.39, 0.29) is 5.82 Å². The minimum absolute atomic E-state index is 0.320. The molecule has 2 aromatic carbocycles. The van der Waals surface area contributed by atoms with Crippen LogP contribution in [0.15, 0.2) is 36.4 Å². The van der Waals surface area contributed by atoms with E-state index < -0.39 is 5.60 Å². The van der Waals surface area contributed by atoms with Crippen LogP contribution in [0.4, 0.5) is 4.39 Å². The summed E-state index contributed by atoms with van der Waals surface area (Å²) in [6, 6.07) is 10.6. The molecule has 0 spiro atoms. The normalized spacial score (nSPS) is 14.2. The van der Waals surface area contributed by atoms with Crippen LogP contribution in [-0.4, -0.2) is 5.11 Å². The molecule has 0 saturated heterocycles. The van der Waals surface area contributed by atoms with Crippen molar-refractivity contribution >= 4 is 0 Å². The molecular weight excluding hydrogens is 239 g/mol. The van der Waals surface area contributed by atoms with Gasteiger partial charge in [-0.3, -0.25) is 0 Å². The maximum atomic E-state index is 13.5. The first-order chi connectivity index (χ1) is 8.79. The van der Waals surface area contributed by atoms with Gasteiger partial charge in [0, 0.05) is 0 Å². The molecule has 0 heterocycles. The van der Waals surface area contributed by atoms with Crippen LogP contribution in [0, 0.1) is 26.6 Å². The Hall–Kier alpha value is -1.67. The molecule has 2 heteroatoms. The number of rotatable bonds is 2. The third-order valence-corrected chi connectivity index (χ3v) is 3.39. The summed E-state index contributed by atoms with van der Waals surface area (Å²) in [7, 11) is 0. The Morgan fingerprint density at radius 3 is 1.68 bits per heavy atom. The van der Waals surface area contributed by atoms with Crippen LogP contribution in [0.1, 0.15) is 34.7 Å². The summed E-state index contributed by atoms with van der Waals surface area (Å²) in [6.07, 6.45) is 0. The lowest BCUT2D eigenvalue weighted by Crippen LogP contribution is -2.23. The highest BCUT2D eigenvalue weighted by atomic mass is 19.1. The summed E-state index contributed by atoms with van der Waals surface area (Å²) in [5, 5.41) is 10.8. The Labute approximate surface area is 113 Å². The van der Waals surface area contributed by atoms with E-state index in [9.17, 15) is 9.50 Å². The van der Waals surface area contributed by atoms with Crippen LogP contribution in [-0.2, 0) is 5.60 Å². The van der Waals surface area contributed by atoms with Gasteiger partial charge in [-0.1, -0.05) is 35.4 Å². The van der Waals surface area contributed by atoms with E-state index in [1.807, 2.05) is 39.0 Å². The zero-order valence-electron chi connectivity index (χ0n) is 11.8. The van der Waals surface area contributed by atoms with Crippen LogP contribution in [0.2, 0.25) is 0 Å². The Bertz CT molecular complexity index is 521. The van der Waals surface area contributed by atoms with Gasteiger partial charge in [0.2, 0.25) is 0 Å². The second-order valence-electron chi connectivity index (χ2n) is 5.47. The van der Waals surface area contributed by atoms with Crippen LogP contribution in [0.3, 0.4) is 0 Å². The third-order valence-electron chi connectivity index (χ3n) is 3.39. The van der Waals surface area contributed by atoms with Crippen LogP contribution < -0.4 is 0 Å². The van der Waals surface area contributed by atoms with Gasteiger partial charge in [-0.25, -0.2) is 4.39 Å². The molecule has 2 rings (SSSR count). The molecule has 0 aromatic heterocycles. The number of aryl methyl sites for hydroxylation is 3. The topological polar surface area (TPSA) is 20.2 Å². The quantitative estimate of drug-likeness (QED) is 0.863. The Balaban J connectivity index is 2.57. The molecule has 1 atom stereocenters. The van der Waals surface area contributed by atoms with Gasteiger partial charge >= 0.3 is 0 Å². The number of halogens is 1. The predicted octanol–water partition coefficient (Wildman–Crippen LogP) is 4.01. The maximum absolute atomic E-state index is 13.5. The monoisotopic (exact) mass is 258 g/mol. The first-order valence-corrected chi connectivity index (χ1v) is 6.38. The van der Waals surface area contributed by atoms with E-state index in [1.54, 1.807) is 6.92 Å². The molecule has 100 valence electrons. The van der Waals surface area contributed by atoms with Crippen molar-refractivity contribution in [1.29, 1.82) is 0 Å². The summed E-state index contributed by atoms with van der Waals surface area (Å²) in [4.78, 5) is 0. The molecule has 0 radical (unpaired) electrons. The molecule has 0 aliphatic carbocycles. The molecule has 1 unspecified atom stereocenters. The highest BCUT2D eigenvalue weighted by Gasteiger charge is 2.26. The molecular formula is C17H19FO. The molecule has 0 aliphatic rings. The van der Waals surface area contributed by atoms with Crippen molar-refractivity contribution in [2.45, 2.75) is 33.3 Å². The van der Waals surface area contributed by atoms with Gasteiger partial charge in [-0.2, -0.15) is 0 Å². The molecule has 1 N–H and O–H groups in total. The smallest absolute Gasteiger partial charge is 0.123 e. The lowest BCUT2D eigenvalue weighted by atomic mass is 9.86. The predicted molar refractivity (Wildman–Crippen MR) is 75.7 cm³/mol. The average Bonchev–Trinajstić information content (AvgIpc) is 2.26. The largest absolute Gasteiger partial charge is 0.381 e. The number of hydrogen-bond acceptors (Lipinski definition) is 1. The summed E-state index contributed by atoms with van der Waals surface area (Å²) in [5.41, 5.74) is 3.15. The average molecular weight is 258 g/mol. The van der Waals surface area contributed by atoms with Gasteiger partial charge in [-0.15, -0.1) is 0 Å². The lowest BCUT2D eigenvalue weighted by Gasteiger charge is -2.26. The molecule has 0 bridgehead atoms. The zero-order chi connectivity index (χ0) is 14.2. The van der Waals surface area contributed by atoms with Gasteiger partial charge in [0.1, 0.15) is 11.4 Å². The van der Waals surface area contributed by atoms with E-state index in [0.29, 0.717) is 5.56 Å². The standard InChI is InChI=1S/C17H19FO/c1-11-5-12(2)7-14(6-11)17(4,19)15-8-13(3)9-16(18)10-15/h5-10,19H,1-4H3. The summed E-state index contributed by atoms with van der Waals surface area (Å²) in [5.74, 6) is -0.320. The van der Waals surface area contributed by atoms with Crippen molar-refractivity contribution in [3.63, 3.8) is 0 Å². The lowest BCUT2D eigenvalue weighted by molar-refractivity contribution is 0.102. The molecule has 2 aromatic rings. The SMILES string of the molecule is Cc1cc(C)cc(C(C)(O)c2cc(C)cc(F)c2)c1. The Morgan fingerprint density at radius 2 is 1.21 bits per heavy atom. The number of hydrogen-bond donors (Lipinski definition) is 1. The molecule has 1 nitrogen and oxygen atoms in total. The van der Waals surface area contributed by atoms with Crippen molar-refractivity contribution in [2.24, 2.45) is 0 Å². The number of aliphatic hydroxyl groups is 1. The molecule has 19 heavy (non-hydrogen) atoms. The van der Waals surface area contributed by atoms with Crippen molar-refractivity contribution in [3.8, 4) is 0 Å². The minimum Gasteiger partial charge on any atom is -0.381 e. The summed E-state index contributed by atoms with van der Waals surface area (Å²) >= 11 is 0. The summed E-state index contributed by atoms with van der Waals surface area (Å²) in [6.45, 7) is 7.51. The van der Waals surface area contributed by atoms with E-state index >= 15 is 0 Å². The van der Waals surface area contributed by atoms with Crippen molar-refractivity contribution in [3.05, 3.63) is 70.0 Å². The van der Waals surface area contributed by atoms with Gasteiger partial charge in [-0.05, 0) is 56.5 Å². The Morgan fingerprint density at radius 1 is 0.789 bits per heavy atom. The molecule has 0 aliphatic heterocycles.